The zero-order valence-electron chi connectivity index (χ0n) is 9.52. The average molecular weight is 219 g/mol. The van der Waals surface area contributed by atoms with Gasteiger partial charge in [0, 0.05) is 44.0 Å². The molecule has 2 unspecified atom stereocenters. The van der Waals surface area contributed by atoms with Gasteiger partial charge in [-0.1, -0.05) is 6.07 Å². The van der Waals surface area contributed by atoms with Gasteiger partial charge >= 0.3 is 0 Å². The van der Waals surface area contributed by atoms with Crippen LogP contribution in [0.25, 0.3) is 0 Å². The monoisotopic (exact) mass is 219 g/mol. The van der Waals surface area contributed by atoms with Crippen LogP contribution in [0.3, 0.4) is 0 Å². The average Bonchev–Trinajstić information content (AvgIpc) is 2.28. The summed E-state index contributed by atoms with van der Waals surface area (Å²) in [4.78, 5) is 18.6. The summed E-state index contributed by atoms with van der Waals surface area (Å²) in [6, 6.07) is 4.97. The second-order valence-electron chi connectivity index (χ2n) is 5.00. The van der Waals surface area contributed by atoms with Gasteiger partial charge in [-0.25, -0.2) is 0 Å². The minimum atomic E-state index is -0.0210. The number of aromatic amines is 1. The van der Waals surface area contributed by atoms with E-state index >= 15 is 0 Å². The largest absolute Gasteiger partial charge is 0.329 e. The molecule has 3 aliphatic rings. The summed E-state index contributed by atoms with van der Waals surface area (Å²) in [5, 5.41) is 0. The summed E-state index contributed by atoms with van der Waals surface area (Å²) < 4.78 is 0. The molecule has 86 valence electrons. The first-order chi connectivity index (χ1) is 7.72. The van der Waals surface area contributed by atoms with Gasteiger partial charge in [0.2, 0.25) is 5.56 Å². The Morgan fingerprint density at radius 2 is 2.12 bits per heavy atom. The lowest BCUT2D eigenvalue weighted by molar-refractivity contribution is -0.0668. The number of aromatic nitrogens is 1. The molecule has 2 bridgehead atoms. The van der Waals surface area contributed by atoms with Crippen molar-refractivity contribution in [3.63, 3.8) is 0 Å². The fraction of sp³-hybridized carbons (Fsp3) is 0.583. The Kier molecular flexibility index (Phi) is 2.33. The fourth-order valence-corrected chi connectivity index (χ4v) is 2.91. The standard InChI is InChI=1S/C12H17N3O/c1-14-7-10-4-11(8-14)15(10)6-9-2-3-12(16)13-5-9/h2-3,5,10-11H,4,6-8H2,1H3,(H,13,16). The highest BCUT2D eigenvalue weighted by molar-refractivity contribution is 5.11. The normalized spacial score (nSPS) is 30.1. The Labute approximate surface area is 94.9 Å². The van der Waals surface area contributed by atoms with Crippen LogP contribution in [0.5, 0.6) is 0 Å². The minimum absolute atomic E-state index is 0.0210. The van der Waals surface area contributed by atoms with Crippen LogP contribution >= 0.6 is 0 Å². The van der Waals surface area contributed by atoms with Crippen LogP contribution in [-0.4, -0.2) is 47.0 Å². The Balaban J connectivity index is 1.68. The number of nitrogens with one attached hydrogen (secondary N) is 1. The molecule has 1 aromatic rings. The van der Waals surface area contributed by atoms with Crippen molar-refractivity contribution in [2.45, 2.75) is 25.0 Å². The Hall–Kier alpha value is -1.13. The fourth-order valence-electron chi connectivity index (χ4n) is 2.91. The van der Waals surface area contributed by atoms with E-state index in [1.54, 1.807) is 6.07 Å². The number of likely N-dealkylation sites (N-methyl/N-ethyl adjacent to an activating group) is 1. The van der Waals surface area contributed by atoms with Gasteiger partial charge in [-0.2, -0.15) is 0 Å². The number of hydrogen-bond acceptors (Lipinski definition) is 3. The van der Waals surface area contributed by atoms with Crippen LogP contribution in [0.4, 0.5) is 0 Å². The smallest absolute Gasteiger partial charge is 0.247 e. The van der Waals surface area contributed by atoms with E-state index in [0.717, 1.165) is 18.6 Å². The van der Waals surface area contributed by atoms with Crippen molar-refractivity contribution in [1.29, 1.82) is 0 Å². The van der Waals surface area contributed by atoms with Crippen LogP contribution in [0.2, 0.25) is 0 Å². The molecule has 4 nitrogen and oxygen atoms in total. The number of hydrogen-bond donors (Lipinski definition) is 1. The second-order valence-corrected chi connectivity index (χ2v) is 5.00. The van der Waals surface area contributed by atoms with Crippen molar-refractivity contribution in [3.05, 3.63) is 34.2 Å². The summed E-state index contributed by atoms with van der Waals surface area (Å²) in [7, 11) is 2.19. The SMILES string of the molecule is CN1CC2CC(C1)N2Cc1ccc(=O)[nH]c1. The highest BCUT2D eigenvalue weighted by atomic mass is 16.1. The predicted molar refractivity (Wildman–Crippen MR) is 62.3 cm³/mol. The lowest BCUT2D eigenvalue weighted by atomic mass is 9.87. The molecule has 1 aromatic heterocycles. The number of nitrogens with zero attached hydrogens (tertiary/aromatic N) is 2. The number of H-pyrrole nitrogens is 1. The van der Waals surface area contributed by atoms with E-state index in [2.05, 4.69) is 21.8 Å². The van der Waals surface area contributed by atoms with Gasteiger partial charge in [0.25, 0.3) is 0 Å². The van der Waals surface area contributed by atoms with Gasteiger partial charge in [0.1, 0.15) is 0 Å². The summed E-state index contributed by atoms with van der Waals surface area (Å²) in [5.41, 5.74) is 1.19. The number of pyridine rings is 1. The summed E-state index contributed by atoms with van der Waals surface area (Å²) in [5.74, 6) is 0. The van der Waals surface area contributed by atoms with E-state index in [9.17, 15) is 4.79 Å². The van der Waals surface area contributed by atoms with Gasteiger partial charge in [-0.15, -0.1) is 0 Å². The molecular formula is C12H17N3O. The topological polar surface area (TPSA) is 39.3 Å². The van der Waals surface area contributed by atoms with Crippen LogP contribution in [-0.2, 0) is 6.54 Å². The van der Waals surface area contributed by atoms with Crippen molar-refractivity contribution >= 4 is 0 Å². The van der Waals surface area contributed by atoms with E-state index in [1.807, 2.05) is 12.3 Å². The van der Waals surface area contributed by atoms with Crippen LogP contribution < -0.4 is 5.56 Å². The van der Waals surface area contributed by atoms with Crippen LogP contribution in [0, 0.1) is 0 Å². The first kappa shape index (κ1) is 10.1. The maximum Gasteiger partial charge on any atom is 0.247 e. The molecule has 3 saturated heterocycles. The van der Waals surface area contributed by atoms with E-state index in [0.29, 0.717) is 0 Å². The zero-order chi connectivity index (χ0) is 11.1. The van der Waals surface area contributed by atoms with E-state index < -0.39 is 0 Å². The third-order valence-electron chi connectivity index (χ3n) is 3.74. The van der Waals surface area contributed by atoms with Crippen LogP contribution in [0.15, 0.2) is 23.1 Å². The maximum atomic E-state index is 11.0. The molecule has 0 spiro atoms. The number of rotatable bonds is 2. The summed E-state index contributed by atoms with van der Waals surface area (Å²) in [6.07, 6.45) is 3.17. The molecule has 4 heterocycles. The third kappa shape index (κ3) is 1.68. The quantitative estimate of drug-likeness (QED) is 0.775. The predicted octanol–water partition coefficient (Wildman–Crippen LogP) is 0.263. The highest BCUT2D eigenvalue weighted by Gasteiger charge is 2.42. The lowest BCUT2D eigenvalue weighted by Gasteiger charge is -2.55. The van der Waals surface area contributed by atoms with Crippen molar-refractivity contribution in [2.24, 2.45) is 0 Å². The molecule has 0 aliphatic carbocycles. The van der Waals surface area contributed by atoms with E-state index in [4.69, 9.17) is 0 Å². The second kappa shape index (κ2) is 3.71. The number of piperazine rings is 1. The van der Waals surface area contributed by atoms with Gasteiger partial charge < -0.3 is 9.88 Å². The van der Waals surface area contributed by atoms with Crippen molar-refractivity contribution in [3.8, 4) is 0 Å². The van der Waals surface area contributed by atoms with Crippen LogP contribution in [0.1, 0.15) is 12.0 Å². The molecule has 0 aromatic carbocycles. The molecular weight excluding hydrogens is 202 g/mol. The molecule has 0 saturated carbocycles. The maximum absolute atomic E-state index is 11.0. The molecule has 4 heteroatoms. The molecule has 2 atom stereocenters. The molecule has 1 N–H and O–H groups in total. The van der Waals surface area contributed by atoms with Crippen molar-refractivity contribution in [2.75, 3.05) is 20.1 Å². The molecule has 0 radical (unpaired) electrons. The number of fused-ring (bicyclic) bond motifs is 2. The Morgan fingerprint density at radius 3 is 2.75 bits per heavy atom. The van der Waals surface area contributed by atoms with E-state index in [-0.39, 0.29) is 5.56 Å². The lowest BCUT2D eigenvalue weighted by Crippen LogP contribution is -2.67. The number of piperidine rings is 1. The van der Waals surface area contributed by atoms with Crippen molar-refractivity contribution < 1.29 is 0 Å². The Bertz CT molecular complexity index is 410. The van der Waals surface area contributed by atoms with Gasteiger partial charge in [0.15, 0.2) is 0 Å². The van der Waals surface area contributed by atoms with Gasteiger partial charge in [-0.05, 0) is 19.0 Å². The summed E-state index contributed by atoms with van der Waals surface area (Å²) >= 11 is 0. The highest BCUT2D eigenvalue weighted by Crippen LogP contribution is 2.32. The molecule has 3 fully saturated rings. The zero-order valence-corrected chi connectivity index (χ0v) is 9.52. The Morgan fingerprint density at radius 1 is 1.38 bits per heavy atom. The first-order valence-electron chi connectivity index (χ1n) is 5.84. The summed E-state index contributed by atoms with van der Waals surface area (Å²) in [6.45, 7) is 3.33. The molecule has 3 aliphatic heterocycles. The van der Waals surface area contributed by atoms with Crippen molar-refractivity contribution in [1.82, 2.24) is 14.8 Å². The third-order valence-corrected chi connectivity index (χ3v) is 3.74. The molecule has 0 amide bonds. The van der Waals surface area contributed by atoms with Gasteiger partial charge in [0.05, 0.1) is 0 Å². The first-order valence-corrected chi connectivity index (χ1v) is 5.84. The molecule has 4 rings (SSSR count). The van der Waals surface area contributed by atoms with E-state index in [1.165, 1.54) is 25.1 Å². The molecule has 16 heavy (non-hydrogen) atoms. The minimum Gasteiger partial charge on any atom is -0.329 e. The van der Waals surface area contributed by atoms with Gasteiger partial charge in [-0.3, -0.25) is 9.69 Å².